The number of nitrogens with one attached hydrogen (secondary N) is 2. The van der Waals surface area contributed by atoms with Crippen LogP contribution in [0.2, 0.25) is 0 Å². The molecule has 1 aliphatic rings. The van der Waals surface area contributed by atoms with Gasteiger partial charge in [-0.15, -0.1) is 6.42 Å². The summed E-state index contributed by atoms with van der Waals surface area (Å²) < 4.78 is 26.2. The molecule has 0 aromatic rings. The average molecular weight is 244 g/mol. The predicted octanol–water partition coefficient (Wildman–Crippen LogP) is 0.317. The van der Waals surface area contributed by atoms with Gasteiger partial charge in [-0.2, -0.15) is 4.72 Å². The molecular formula is C11H20N2O2S. The van der Waals surface area contributed by atoms with Crippen molar-refractivity contribution < 1.29 is 8.42 Å². The minimum atomic E-state index is -3.28. The van der Waals surface area contributed by atoms with E-state index in [0.717, 1.165) is 25.9 Å². The van der Waals surface area contributed by atoms with E-state index in [4.69, 9.17) is 6.42 Å². The van der Waals surface area contributed by atoms with Crippen molar-refractivity contribution in [2.75, 3.05) is 18.8 Å². The Morgan fingerprint density at radius 1 is 1.56 bits per heavy atom. The van der Waals surface area contributed by atoms with Gasteiger partial charge in [0.25, 0.3) is 0 Å². The van der Waals surface area contributed by atoms with E-state index in [2.05, 4.69) is 16.0 Å². The van der Waals surface area contributed by atoms with Gasteiger partial charge in [0, 0.05) is 0 Å². The Balaban J connectivity index is 2.55. The van der Waals surface area contributed by atoms with Crippen molar-refractivity contribution in [2.24, 2.45) is 5.92 Å². The van der Waals surface area contributed by atoms with Gasteiger partial charge in [-0.1, -0.05) is 5.92 Å². The van der Waals surface area contributed by atoms with Gasteiger partial charge in [0.15, 0.2) is 0 Å². The SMILES string of the molecule is C#CC(C)(C)NS(=O)(=O)CC1CCCNC1. The molecule has 0 aromatic carbocycles. The van der Waals surface area contributed by atoms with Gasteiger partial charge in [-0.05, 0) is 45.7 Å². The summed E-state index contributed by atoms with van der Waals surface area (Å²) in [6, 6.07) is 0. The first-order valence-electron chi connectivity index (χ1n) is 5.55. The van der Waals surface area contributed by atoms with Gasteiger partial charge in [0.2, 0.25) is 10.0 Å². The fraction of sp³-hybridized carbons (Fsp3) is 0.818. The monoisotopic (exact) mass is 244 g/mol. The second-order valence-corrected chi connectivity index (χ2v) is 6.63. The molecule has 1 unspecified atom stereocenters. The predicted molar refractivity (Wildman–Crippen MR) is 65.4 cm³/mol. The summed E-state index contributed by atoms with van der Waals surface area (Å²) in [7, 11) is -3.28. The molecule has 1 saturated heterocycles. The number of piperidine rings is 1. The Labute approximate surface area is 98.2 Å². The molecule has 0 aliphatic carbocycles. The Morgan fingerprint density at radius 2 is 2.25 bits per heavy atom. The largest absolute Gasteiger partial charge is 0.316 e. The summed E-state index contributed by atoms with van der Waals surface area (Å²) in [4.78, 5) is 0. The summed E-state index contributed by atoms with van der Waals surface area (Å²) in [6.07, 6.45) is 7.26. The highest BCUT2D eigenvalue weighted by molar-refractivity contribution is 7.89. The van der Waals surface area contributed by atoms with Crippen LogP contribution in [0.1, 0.15) is 26.7 Å². The Morgan fingerprint density at radius 3 is 2.75 bits per heavy atom. The van der Waals surface area contributed by atoms with Gasteiger partial charge < -0.3 is 5.32 Å². The molecule has 92 valence electrons. The topological polar surface area (TPSA) is 58.2 Å². The summed E-state index contributed by atoms with van der Waals surface area (Å²) in [5.41, 5.74) is -0.805. The van der Waals surface area contributed by atoms with Crippen molar-refractivity contribution in [1.29, 1.82) is 0 Å². The fourth-order valence-corrected chi connectivity index (χ4v) is 3.66. The van der Waals surface area contributed by atoms with Crippen molar-refractivity contribution in [2.45, 2.75) is 32.2 Å². The molecule has 4 nitrogen and oxygen atoms in total. The maximum Gasteiger partial charge on any atom is 0.213 e. The quantitative estimate of drug-likeness (QED) is 0.700. The molecule has 1 atom stereocenters. The van der Waals surface area contributed by atoms with Crippen LogP contribution in [0.15, 0.2) is 0 Å². The van der Waals surface area contributed by atoms with Gasteiger partial charge in [0.1, 0.15) is 0 Å². The first-order chi connectivity index (χ1) is 7.35. The lowest BCUT2D eigenvalue weighted by Crippen LogP contribution is -2.45. The van der Waals surface area contributed by atoms with E-state index >= 15 is 0 Å². The summed E-state index contributed by atoms with van der Waals surface area (Å²) >= 11 is 0. The van der Waals surface area contributed by atoms with Gasteiger partial charge in [-0.25, -0.2) is 8.42 Å². The molecule has 0 radical (unpaired) electrons. The van der Waals surface area contributed by atoms with Crippen LogP contribution in [0, 0.1) is 18.3 Å². The lowest BCUT2D eigenvalue weighted by Gasteiger charge is -2.25. The van der Waals surface area contributed by atoms with E-state index in [1.165, 1.54) is 0 Å². The van der Waals surface area contributed by atoms with E-state index in [-0.39, 0.29) is 11.7 Å². The van der Waals surface area contributed by atoms with E-state index in [1.807, 2.05) is 0 Å². The third-order valence-corrected chi connectivity index (χ3v) is 4.36. The second kappa shape index (κ2) is 5.17. The number of terminal acetylenes is 1. The van der Waals surface area contributed by atoms with Gasteiger partial charge >= 0.3 is 0 Å². The zero-order valence-electron chi connectivity index (χ0n) is 9.91. The smallest absolute Gasteiger partial charge is 0.213 e. The third kappa shape index (κ3) is 4.52. The van der Waals surface area contributed by atoms with Crippen molar-refractivity contribution in [3.63, 3.8) is 0 Å². The molecule has 1 rings (SSSR count). The molecular weight excluding hydrogens is 224 g/mol. The maximum atomic E-state index is 11.8. The van der Waals surface area contributed by atoms with Crippen molar-refractivity contribution in [1.82, 2.24) is 10.0 Å². The first-order valence-corrected chi connectivity index (χ1v) is 7.20. The third-order valence-electron chi connectivity index (χ3n) is 2.63. The number of rotatable bonds is 4. The van der Waals surface area contributed by atoms with E-state index < -0.39 is 15.6 Å². The number of hydrogen-bond donors (Lipinski definition) is 2. The first kappa shape index (κ1) is 13.5. The van der Waals surface area contributed by atoms with E-state index in [0.29, 0.717) is 0 Å². The van der Waals surface area contributed by atoms with Crippen LogP contribution in [0.5, 0.6) is 0 Å². The Bertz CT molecular complexity index is 362. The molecule has 0 saturated carbocycles. The summed E-state index contributed by atoms with van der Waals surface area (Å²) in [5, 5.41) is 3.20. The average Bonchev–Trinajstić information content (AvgIpc) is 2.17. The molecule has 1 aliphatic heterocycles. The van der Waals surface area contributed by atoms with Crippen LogP contribution < -0.4 is 10.0 Å². The van der Waals surface area contributed by atoms with Crippen LogP contribution in [-0.2, 0) is 10.0 Å². The van der Waals surface area contributed by atoms with Crippen LogP contribution in [0.3, 0.4) is 0 Å². The molecule has 1 fully saturated rings. The van der Waals surface area contributed by atoms with Crippen molar-refractivity contribution in [3.8, 4) is 12.3 Å². The highest BCUT2D eigenvalue weighted by atomic mass is 32.2. The van der Waals surface area contributed by atoms with Crippen LogP contribution in [0.25, 0.3) is 0 Å². The summed E-state index contributed by atoms with van der Waals surface area (Å²) in [6.45, 7) is 5.13. The van der Waals surface area contributed by atoms with Crippen LogP contribution in [-0.4, -0.2) is 32.8 Å². The highest BCUT2D eigenvalue weighted by Crippen LogP contribution is 2.13. The lowest BCUT2D eigenvalue weighted by atomic mass is 10.0. The molecule has 0 spiro atoms. The van der Waals surface area contributed by atoms with Crippen molar-refractivity contribution in [3.05, 3.63) is 0 Å². The molecule has 0 aromatic heterocycles. The second-order valence-electron chi connectivity index (χ2n) is 4.87. The molecule has 0 amide bonds. The molecule has 5 heteroatoms. The zero-order chi connectivity index (χ0) is 12.2. The van der Waals surface area contributed by atoms with Crippen molar-refractivity contribution >= 4 is 10.0 Å². The number of sulfonamides is 1. The summed E-state index contributed by atoms with van der Waals surface area (Å²) in [5.74, 6) is 2.78. The fourth-order valence-electron chi connectivity index (χ4n) is 1.84. The molecule has 16 heavy (non-hydrogen) atoms. The normalized spacial score (nSPS) is 22.7. The zero-order valence-corrected chi connectivity index (χ0v) is 10.7. The molecule has 2 N–H and O–H groups in total. The molecule has 0 bridgehead atoms. The highest BCUT2D eigenvalue weighted by Gasteiger charge is 2.26. The minimum Gasteiger partial charge on any atom is -0.316 e. The lowest BCUT2D eigenvalue weighted by molar-refractivity contribution is 0.401. The van der Waals surface area contributed by atoms with E-state index in [1.54, 1.807) is 13.8 Å². The number of hydrogen-bond acceptors (Lipinski definition) is 3. The van der Waals surface area contributed by atoms with E-state index in [9.17, 15) is 8.42 Å². The van der Waals surface area contributed by atoms with Crippen LogP contribution in [0.4, 0.5) is 0 Å². The van der Waals surface area contributed by atoms with Gasteiger partial charge in [0.05, 0.1) is 11.3 Å². The maximum absolute atomic E-state index is 11.8. The molecule has 1 heterocycles. The Kier molecular flexibility index (Phi) is 4.36. The Hall–Kier alpha value is -0.570. The van der Waals surface area contributed by atoms with Crippen LogP contribution >= 0.6 is 0 Å². The standard InChI is InChI=1S/C11H20N2O2S/c1-4-11(2,3)13-16(14,15)9-10-6-5-7-12-8-10/h1,10,12-13H,5-9H2,2-3H3. The minimum absolute atomic E-state index is 0.158. The van der Waals surface area contributed by atoms with Gasteiger partial charge in [-0.3, -0.25) is 0 Å².